The Balaban J connectivity index is 1.73. The highest BCUT2D eigenvalue weighted by molar-refractivity contribution is 7.99. The molecule has 29 heavy (non-hydrogen) atoms. The van der Waals surface area contributed by atoms with E-state index in [2.05, 4.69) is 11.5 Å². The van der Waals surface area contributed by atoms with Gasteiger partial charge in [0.05, 0.1) is 0 Å². The van der Waals surface area contributed by atoms with Crippen LogP contribution in [0.3, 0.4) is 0 Å². The van der Waals surface area contributed by atoms with Crippen LogP contribution in [0.2, 0.25) is 0 Å². The van der Waals surface area contributed by atoms with Crippen molar-refractivity contribution in [2.24, 2.45) is 0 Å². The normalized spacial score (nSPS) is 12.3. The van der Waals surface area contributed by atoms with Crippen molar-refractivity contribution in [2.45, 2.75) is 122 Å². The lowest BCUT2D eigenvalue weighted by atomic mass is 10.0. The molecule has 3 heteroatoms. The minimum absolute atomic E-state index is 0.242. The molecule has 1 unspecified atom stereocenters. The summed E-state index contributed by atoms with van der Waals surface area (Å²) in [4.78, 5) is 0. The number of rotatable bonds is 21. The molecule has 1 heterocycles. The number of unbranched alkanes of at least 4 members (excludes halogenated alkanes) is 15. The van der Waals surface area contributed by atoms with Crippen molar-refractivity contribution < 1.29 is 9.67 Å². The number of hydrogen-bond donors (Lipinski definition) is 1. The van der Waals surface area contributed by atoms with Crippen LogP contribution in [-0.2, 0) is 6.54 Å². The lowest BCUT2D eigenvalue weighted by molar-refractivity contribution is -0.702. The van der Waals surface area contributed by atoms with E-state index in [0.29, 0.717) is 6.54 Å². The van der Waals surface area contributed by atoms with Crippen LogP contribution >= 0.6 is 11.8 Å². The summed E-state index contributed by atoms with van der Waals surface area (Å²) in [6.45, 7) is 2.99. The van der Waals surface area contributed by atoms with Crippen LogP contribution in [0.25, 0.3) is 0 Å². The van der Waals surface area contributed by atoms with Gasteiger partial charge in [-0.3, -0.25) is 0 Å². The predicted octanol–water partition coefficient (Wildman–Crippen LogP) is 7.33. The third kappa shape index (κ3) is 18.0. The van der Waals surface area contributed by atoms with Crippen molar-refractivity contribution in [3.05, 3.63) is 30.6 Å². The third-order valence-electron chi connectivity index (χ3n) is 5.65. The van der Waals surface area contributed by atoms with Gasteiger partial charge in [0.15, 0.2) is 18.9 Å². The first-order valence-corrected chi connectivity index (χ1v) is 13.7. The fourth-order valence-corrected chi connectivity index (χ4v) is 4.78. The summed E-state index contributed by atoms with van der Waals surface area (Å²) < 4.78 is 2.06. The lowest BCUT2D eigenvalue weighted by Gasteiger charge is -2.07. The Bertz CT molecular complexity index is 440. The third-order valence-corrected chi connectivity index (χ3v) is 6.85. The van der Waals surface area contributed by atoms with Crippen molar-refractivity contribution in [2.75, 3.05) is 11.5 Å². The smallest absolute Gasteiger partial charge is 0.174 e. The van der Waals surface area contributed by atoms with E-state index in [4.69, 9.17) is 0 Å². The van der Waals surface area contributed by atoms with Gasteiger partial charge in [-0.25, -0.2) is 4.57 Å². The number of aromatic nitrogens is 1. The summed E-state index contributed by atoms with van der Waals surface area (Å²) in [5.41, 5.74) is 0. The number of thioether (sulfide) groups is 1. The fraction of sp³-hybridized carbons (Fsp3) is 0.808. The molecule has 2 nitrogen and oxygen atoms in total. The van der Waals surface area contributed by atoms with Crippen molar-refractivity contribution in [1.82, 2.24) is 0 Å². The maximum absolute atomic E-state index is 10.1. The average molecular weight is 423 g/mol. The molecule has 0 bridgehead atoms. The van der Waals surface area contributed by atoms with Gasteiger partial charge in [-0.05, 0) is 12.2 Å². The van der Waals surface area contributed by atoms with Crippen LogP contribution in [-0.4, -0.2) is 22.7 Å². The van der Waals surface area contributed by atoms with E-state index in [1.807, 2.05) is 42.4 Å². The van der Waals surface area contributed by atoms with E-state index in [-0.39, 0.29) is 6.10 Å². The van der Waals surface area contributed by atoms with Gasteiger partial charge in [-0.15, -0.1) is 0 Å². The Morgan fingerprint density at radius 3 is 1.59 bits per heavy atom. The van der Waals surface area contributed by atoms with Gasteiger partial charge < -0.3 is 5.11 Å². The number of hydrogen-bond acceptors (Lipinski definition) is 2. The van der Waals surface area contributed by atoms with Gasteiger partial charge in [-0.2, -0.15) is 11.8 Å². The molecule has 0 saturated heterocycles. The molecular formula is C26H48NOS+. The van der Waals surface area contributed by atoms with E-state index in [0.717, 1.165) is 5.75 Å². The molecule has 0 fully saturated rings. The number of aliphatic hydroxyl groups is 1. The van der Waals surface area contributed by atoms with Crippen LogP contribution < -0.4 is 4.57 Å². The molecule has 0 spiro atoms. The summed E-state index contributed by atoms with van der Waals surface area (Å²) in [6, 6.07) is 6.03. The zero-order valence-corrected chi connectivity index (χ0v) is 20.0. The fourth-order valence-electron chi connectivity index (χ4n) is 3.82. The van der Waals surface area contributed by atoms with Gasteiger partial charge in [0.25, 0.3) is 0 Å². The highest BCUT2D eigenvalue weighted by atomic mass is 32.2. The van der Waals surface area contributed by atoms with Gasteiger partial charge >= 0.3 is 0 Å². The molecule has 0 aliphatic carbocycles. The van der Waals surface area contributed by atoms with Crippen molar-refractivity contribution >= 4 is 11.8 Å². The van der Waals surface area contributed by atoms with E-state index < -0.39 is 0 Å². The number of pyridine rings is 1. The van der Waals surface area contributed by atoms with Crippen molar-refractivity contribution in [1.29, 1.82) is 0 Å². The second kappa shape index (κ2) is 20.7. The minimum Gasteiger partial charge on any atom is -0.386 e. The molecule has 1 aromatic rings. The van der Waals surface area contributed by atoms with Gasteiger partial charge in [-0.1, -0.05) is 109 Å². The van der Waals surface area contributed by atoms with Crippen LogP contribution in [0, 0.1) is 0 Å². The maximum Gasteiger partial charge on any atom is 0.174 e. The topological polar surface area (TPSA) is 24.1 Å². The maximum atomic E-state index is 10.1. The highest BCUT2D eigenvalue weighted by Crippen LogP contribution is 2.14. The quantitative estimate of drug-likeness (QED) is 0.166. The summed E-state index contributed by atoms with van der Waals surface area (Å²) in [5.74, 6) is 2.04. The van der Waals surface area contributed by atoms with Crippen molar-refractivity contribution in [3.63, 3.8) is 0 Å². The Kier molecular flexibility index (Phi) is 18.9. The van der Waals surface area contributed by atoms with Gasteiger partial charge in [0, 0.05) is 17.9 Å². The molecule has 1 atom stereocenters. The van der Waals surface area contributed by atoms with E-state index >= 15 is 0 Å². The SMILES string of the molecule is CCCCCCCCCCCCCCCCCCSCC(O)C[n+]1ccccc1. The van der Waals surface area contributed by atoms with Crippen molar-refractivity contribution in [3.8, 4) is 0 Å². The molecule has 168 valence electrons. The molecule has 1 aromatic heterocycles. The van der Waals surface area contributed by atoms with Crippen LogP contribution in [0.4, 0.5) is 0 Å². The molecule has 1 N–H and O–H groups in total. The Morgan fingerprint density at radius 1 is 0.655 bits per heavy atom. The molecule has 0 aromatic carbocycles. The van der Waals surface area contributed by atoms with E-state index in [1.165, 1.54) is 108 Å². The standard InChI is InChI=1S/C26H48NOS/c1-2-3-4-5-6-7-8-9-10-11-12-13-14-15-16-20-23-29-25-26(28)24-27-21-18-17-19-22-27/h17-19,21-22,26,28H,2-16,20,23-25H2,1H3/q+1. The summed E-state index contributed by atoms with van der Waals surface area (Å²) in [5, 5.41) is 10.1. The molecule has 0 radical (unpaired) electrons. The Morgan fingerprint density at radius 2 is 1.10 bits per heavy atom. The molecule has 0 aliphatic rings. The summed E-state index contributed by atoms with van der Waals surface area (Å²) in [7, 11) is 0. The van der Waals surface area contributed by atoms with Crippen LogP contribution in [0.15, 0.2) is 30.6 Å². The monoisotopic (exact) mass is 422 g/mol. The summed E-state index contributed by atoms with van der Waals surface area (Å²) >= 11 is 1.90. The lowest BCUT2D eigenvalue weighted by Crippen LogP contribution is -2.39. The molecular weight excluding hydrogens is 374 g/mol. The first-order chi connectivity index (χ1) is 14.3. The molecule has 1 rings (SSSR count). The van der Waals surface area contributed by atoms with E-state index in [9.17, 15) is 5.11 Å². The largest absolute Gasteiger partial charge is 0.386 e. The highest BCUT2D eigenvalue weighted by Gasteiger charge is 2.09. The van der Waals surface area contributed by atoms with Gasteiger partial charge in [0.1, 0.15) is 6.10 Å². The number of aliphatic hydroxyl groups excluding tert-OH is 1. The Labute approximate surface area is 185 Å². The first kappa shape index (κ1) is 26.5. The second-order valence-electron chi connectivity index (χ2n) is 8.60. The van der Waals surface area contributed by atoms with E-state index in [1.54, 1.807) is 0 Å². The second-order valence-corrected chi connectivity index (χ2v) is 9.75. The molecule has 0 saturated carbocycles. The minimum atomic E-state index is -0.242. The average Bonchev–Trinajstić information content (AvgIpc) is 2.73. The molecule has 0 aliphatic heterocycles. The first-order valence-electron chi connectivity index (χ1n) is 12.5. The zero-order chi connectivity index (χ0) is 20.8. The summed E-state index contributed by atoms with van der Waals surface area (Å²) in [6.07, 6.45) is 26.6. The van der Waals surface area contributed by atoms with Crippen LogP contribution in [0.5, 0.6) is 0 Å². The van der Waals surface area contributed by atoms with Crippen LogP contribution in [0.1, 0.15) is 110 Å². The molecule has 0 amide bonds. The zero-order valence-electron chi connectivity index (χ0n) is 19.2. The van der Waals surface area contributed by atoms with Gasteiger partial charge in [0.2, 0.25) is 0 Å². The predicted molar refractivity (Wildman–Crippen MR) is 130 cm³/mol. The number of nitrogens with zero attached hydrogens (tertiary/aromatic N) is 1. The Hall–Kier alpha value is -0.540.